The van der Waals surface area contributed by atoms with Crippen molar-refractivity contribution in [1.82, 2.24) is 0 Å². The number of hydrogen-bond acceptors (Lipinski definition) is 29. The Kier molecular flexibility index (Phi) is 22.3. The van der Waals surface area contributed by atoms with Crippen molar-refractivity contribution in [2.24, 2.45) is 45.3 Å². The molecule has 0 aromatic rings. The third kappa shape index (κ3) is 12.8. The molecule has 19 N–H and O–H groups in total. The fourth-order valence-electron chi connectivity index (χ4n) is 17.2. The number of hydrogen-bond donors (Lipinski definition) is 19. The van der Waals surface area contributed by atoms with Crippen LogP contribution < -0.4 is 0 Å². The molecule has 4 aliphatic carbocycles. The summed E-state index contributed by atoms with van der Waals surface area (Å²) < 4.78 is 59.2. The van der Waals surface area contributed by atoms with Crippen LogP contribution in [0, 0.1) is 45.3 Å². The summed E-state index contributed by atoms with van der Waals surface area (Å²) >= 11 is 0. The highest BCUT2D eigenvalue weighted by Crippen LogP contribution is 2.75. The van der Waals surface area contributed by atoms with E-state index >= 15 is 0 Å². The second-order valence-electron chi connectivity index (χ2n) is 28.6. The summed E-state index contributed by atoms with van der Waals surface area (Å²) in [4.78, 5) is 0. The van der Waals surface area contributed by atoms with Gasteiger partial charge >= 0.3 is 0 Å². The zero-order valence-corrected chi connectivity index (χ0v) is 51.8. The van der Waals surface area contributed by atoms with Crippen LogP contribution in [0.2, 0.25) is 0 Å². The molecule has 29 heteroatoms. The van der Waals surface area contributed by atoms with Gasteiger partial charge in [0.15, 0.2) is 31.5 Å². The van der Waals surface area contributed by atoms with Gasteiger partial charge in [-0.05, 0) is 99.7 Å². The molecule has 5 aliphatic heterocycles. The molecular formula is C60H102O29. The molecule has 89 heavy (non-hydrogen) atoms. The molecule has 9 rings (SSSR count). The van der Waals surface area contributed by atoms with E-state index in [1.54, 1.807) is 0 Å². The van der Waals surface area contributed by atoms with Crippen LogP contribution >= 0.6 is 0 Å². The number of fused-ring (bicyclic) bond motifs is 5. The van der Waals surface area contributed by atoms with Gasteiger partial charge in [0.1, 0.15) is 122 Å². The van der Waals surface area contributed by atoms with E-state index in [-0.39, 0.29) is 40.9 Å². The van der Waals surface area contributed by atoms with Gasteiger partial charge in [0.2, 0.25) is 0 Å². The molecule has 5 heterocycles. The van der Waals surface area contributed by atoms with Crippen molar-refractivity contribution < 1.29 is 144 Å². The van der Waals surface area contributed by atoms with Gasteiger partial charge in [-0.3, -0.25) is 0 Å². The molecule has 11 unspecified atom stereocenters. The van der Waals surface area contributed by atoms with E-state index in [4.69, 9.17) is 47.4 Å². The molecule has 0 aromatic carbocycles. The largest absolute Gasteiger partial charge is 0.394 e. The Hall–Kier alpha value is -1.42. The lowest BCUT2D eigenvalue weighted by molar-refractivity contribution is -0.394. The minimum Gasteiger partial charge on any atom is -0.394 e. The molecule has 0 amide bonds. The van der Waals surface area contributed by atoms with Gasteiger partial charge in [0.05, 0.1) is 56.9 Å². The molecule has 5 saturated heterocycles. The average Bonchev–Trinajstić information content (AvgIpc) is 1.68. The Bertz CT molecular complexity index is 2340. The highest BCUT2D eigenvalue weighted by Gasteiger charge is 2.71. The lowest BCUT2D eigenvalue weighted by atomic mass is 9.38. The molecule has 35 atom stereocenters. The summed E-state index contributed by atoms with van der Waals surface area (Å²) in [5.41, 5.74) is -2.14. The lowest BCUT2D eigenvalue weighted by Crippen LogP contribution is -2.67. The maximum absolute atomic E-state index is 12.7. The van der Waals surface area contributed by atoms with Crippen LogP contribution in [0.5, 0.6) is 0 Å². The Morgan fingerprint density at radius 3 is 1.38 bits per heavy atom. The number of ether oxygens (including phenoxy) is 10. The molecule has 29 nitrogen and oxygen atoms in total. The van der Waals surface area contributed by atoms with Crippen molar-refractivity contribution in [3.8, 4) is 0 Å². The summed E-state index contributed by atoms with van der Waals surface area (Å²) in [6.07, 6.45) is -38.5. The SMILES string of the molecule is C[C@H](CC[C@@H](O[C@@H]1OC(CO)[C@@H](O)[C@H](O)C1O[C@@H]1OC(CO)[C@@H](O[C@@H]2OC(CO)[C@@H](O[C@@H]3OC(CO)[C@@H](O)[C@H](O)C3O)[C@H](O)C2O)[C@H](O)C1O)C(C)(C)O)[C@H]1CC[C@@]2(C)C3CC=C4[C@@H](CC[C@H](O[C@@H]5OC(CO)[C@@H](O)[C@H](O)C5O)C4(C)C)[C@]3(C)[C@H](O)C[C@]12C. The average molecular weight is 1290 g/mol. The lowest BCUT2D eigenvalue weighted by Gasteiger charge is -2.67. The number of allylic oxidation sites excluding steroid dienone is 1. The van der Waals surface area contributed by atoms with Crippen LogP contribution in [-0.2, 0) is 47.4 Å². The van der Waals surface area contributed by atoms with Crippen molar-refractivity contribution >= 4 is 0 Å². The van der Waals surface area contributed by atoms with E-state index < -0.39 is 221 Å². The third-order valence-electron chi connectivity index (χ3n) is 22.9. The third-order valence-corrected chi connectivity index (χ3v) is 22.9. The maximum Gasteiger partial charge on any atom is 0.187 e. The summed E-state index contributed by atoms with van der Waals surface area (Å²) in [6, 6.07) is 0. The van der Waals surface area contributed by atoms with Crippen molar-refractivity contribution in [3.05, 3.63) is 11.6 Å². The first kappa shape index (κ1) is 71.9. The molecule has 9 aliphatic rings. The Morgan fingerprint density at radius 2 is 0.910 bits per heavy atom. The first-order valence-electron chi connectivity index (χ1n) is 31.6. The van der Waals surface area contributed by atoms with Crippen molar-refractivity contribution in [2.45, 2.75) is 284 Å². The summed E-state index contributed by atoms with van der Waals surface area (Å²) in [6.45, 7) is 12.1. The predicted molar refractivity (Wildman–Crippen MR) is 300 cm³/mol. The van der Waals surface area contributed by atoms with Gasteiger partial charge in [-0.1, -0.05) is 53.2 Å². The molecule has 3 saturated carbocycles. The van der Waals surface area contributed by atoms with Gasteiger partial charge in [-0.15, -0.1) is 0 Å². The van der Waals surface area contributed by atoms with Crippen LogP contribution in [0.4, 0.5) is 0 Å². The second kappa shape index (κ2) is 27.6. The van der Waals surface area contributed by atoms with E-state index in [9.17, 15) is 97.0 Å². The normalized spacial score (nSPS) is 51.8. The van der Waals surface area contributed by atoms with Crippen LogP contribution in [0.15, 0.2) is 11.6 Å². The molecule has 0 bridgehead atoms. The zero-order chi connectivity index (χ0) is 65.5. The Labute approximate surface area is 517 Å². The molecule has 516 valence electrons. The first-order chi connectivity index (χ1) is 41.7. The molecule has 0 spiro atoms. The number of aliphatic hydroxyl groups is 19. The Balaban J connectivity index is 0.855. The van der Waals surface area contributed by atoms with E-state index in [1.165, 1.54) is 13.8 Å². The van der Waals surface area contributed by atoms with Crippen LogP contribution in [0.3, 0.4) is 0 Å². The van der Waals surface area contributed by atoms with Crippen molar-refractivity contribution in [3.63, 3.8) is 0 Å². The van der Waals surface area contributed by atoms with Crippen molar-refractivity contribution in [2.75, 3.05) is 33.0 Å². The predicted octanol–water partition coefficient (Wildman–Crippen LogP) is -5.41. The van der Waals surface area contributed by atoms with E-state index in [0.29, 0.717) is 32.1 Å². The highest BCUT2D eigenvalue weighted by atomic mass is 16.8. The second-order valence-corrected chi connectivity index (χ2v) is 28.6. The zero-order valence-electron chi connectivity index (χ0n) is 51.8. The van der Waals surface area contributed by atoms with Gasteiger partial charge < -0.3 is 144 Å². The fourth-order valence-corrected chi connectivity index (χ4v) is 17.2. The standard InChI is InChI=1S/C60H102O29/c1-23(24-15-16-58(6)32-12-10-25-26(60(32,8)33(66)17-59(24,58)7)11-14-34(56(25,2)3)85-51-44(75)39(70)36(67)27(18-61)80-51)9-13-35(57(4,5)79)86-55-50(41(72)38(69)29(20-63)82-55)89-54-47(78)43(74)49(31(22-65)84-54)88-53-46(77)42(73)48(30(21-64)83-53)87-52-45(76)40(71)37(68)28(19-62)81-52/h10,23-24,26-55,61-79H,9,11-22H2,1-8H3/t23-,24-,26-,27?,28?,29?,30?,31?,32?,33-,34+,35-,36-,37-,38-,39+,40+,41+,42-,43-,44?,45?,46?,47?,48-,49-,50?,51+,52+,53+,54+,55+,58+,59-,60+/m1/s1. The van der Waals surface area contributed by atoms with E-state index in [1.807, 2.05) is 0 Å². The van der Waals surface area contributed by atoms with Gasteiger partial charge in [-0.25, -0.2) is 0 Å². The van der Waals surface area contributed by atoms with Gasteiger partial charge in [0.25, 0.3) is 0 Å². The molecule has 0 aromatic heterocycles. The van der Waals surface area contributed by atoms with Gasteiger partial charge in [0, 0.05) is 10.8 Å². The van der Waals surface area contributed by atoms with E-state index in [2.05, 4.69) is 47.6 Å². The first-order valence-corrected chi connectivity index (χ1v) is 31.6. The minimum atomic E-state index is -2.12. The van der Waals surface area contributed by atoms with Crippen LogP contribution in [0.1, 0.15) is 107 Å². The minimum absolute atomic E-state index is 0.00515. The van der Waals surface area contributed by atoms with Crippen LogP contribution in [0.25, 0.3) is 0 Å². The summed E-state index contributed by atoms with van der Waals surface area (Å²) in [5, 5.41) is 206. The maximum atomic E-state index is 12.7. The molecule has 8 fully saturated rings. The number of aliphatic hydroxyl groups excluding tert-OH is 18. The van der Waals surface area contributed by atoms with Crippen molar-refractivity contribution in [1.29, 1.82) is 0 Å². The topological polar surface area (TPSA) is 477 Å². The highest BCUT2D eigenvalue weighted by molar-refractivity contribution is 5.32. The fraction of sp³-hybridized carbons (Fsp3) is 0.967. The smallest absolute Gasteiger partial charge is 0.187 e. The Morgan fingerprint density at radius 1 is 0.494 bits per heavy atom. The molecule has 0 radical (unpaired) electrons. The quantitative estimate of drug-likeness (QED) is 0.0506. The monoisotopic (exact) mass is 1290 g/mol. The summed E-state index contributed by atoms with van der Waals surface area (Å²) in [7, 11) is 0. The van der Waals surface area contributed by atoms with E-state index in [0.717, 1.165) is 18.4 Å². The number of rotatable bonds is 20. The summed E-state index contributed by atoms with van der Waals surface area (Å²) in [5.74, 6) is 0.175. The van der Waals surface area contributed by atoms with Crippen LogP contribution in [-0.4, -0.2) is 308 Å². The molecular weight excluding hydrogens is 1180 g/mol. The van der Waals surface area contributed by atoms with Gasteiger partial charge in [-0.2, -0.15) is 0 Å².